The van der Waals surface area contributed by atoms with E-state index in [9.17, 15) is 9.90 Å². The van der Waals surface area contributed by atoms with Crippen LogP contribution in [0.2, 0.25) is 0 Å². The molecule has 2 N–H and O–H groups in total. The van der Waals surface area contributed by atoms with Gasteiger partial charge in [-0.25, -0.2) is 14.8 Å². The Kier molecular flexibility index (Phi) is 6.06. The highest BCUT2D eigenvalue weighted by atomic mass is 16.4. The number of fused-ring (bicyclic) bond motifs is 2. The van der Waals surface area contributed by atoms with E-state index in [2.05, 4.69) is 73.4 Å². The van der Waals surface area contributed by atoms with Crippen LogP contribution in [-0.4, -0.2) is 30.6 Å². The minimum atomic E-state index is -1.06. The summed E-state index contributed by atoms with van der Waals surface area (Å²) in [6.45, 7) is 11.0. The van der Waals surface area contributed by atoms with Crippen LogP contribution in [0.5, 0.6) is 0 Å². The van der Waals surface area contributed by atoms with E-state index in [1.165, 1.54) is 5.56 Å². The van der Waals surface area contributed by atoms with Crippen LogP contribution in [0, 0.1) is 0 Å². The summed E-state index contributed by atoms with van der Waals surface area (Å²) in [5.41, 5.74) is 8.18. The fraction of sp³-hybridized carbons (Fsp3) is 0.206. The second-order valence-electron chi connectivity index (χ2n) is 11.6. The van der Waals surface area contributed by atoms with Gasteiger partial charge in [0.05, 0.1) is 22.2 Å². The Morgan fingerprint density at radius 1 is 0.875 bits per heavy atom. The number of rotatable bonds is 5. The van der Waals surface area contributed by atoms with Gasteiger partial charge in [0.1, 0.15) is 11.5 Å². The van der Waals surface area contributed by atoms with E-state index in [-0.39, 0.29) is 17.2 Å². The molecule has 0 unspecified atom stereocenters. The maximum Gasteiger partial charge on any atom is 0.354 e. The minimum Gasteiger partial charge on any atom is -0.477 e. The van der Waals surface area contributed by atoms with Gasteiger partial charge < -0.3 is 14.7 Å². The molecule has 0 saturated carbocycles. The van der Waals surface area contributed by atoms with E-state index >= 15 is 0 Å². The Labute approximate surface area is 233 Å². The number of carbonyl (C=O) groups is 1. The molecule has 0 spiro atoms. The molecule has 0 fully saturated rings. The van der Waals surface area contributed by atoms with Gasteiger partial charge >= 0.3 is 5.97 Å². The van der Waals surface area contributed by atoms with E-state index < -0.39 is 5.97 Å². The first-order chi connectivity index (χ1) is 19.1. The number of carboxylic acid groups (broad SMARTS) is 1. The second kappa shape index (κ2) is 9.49. The summed E-state index contributed by atoms with van der Waals surface area (Å²) >= 11 is 0. The number of nitrogens with zero attached hydrogens (tertiary/aromatic N) is 3. The lowest BCUT2D eigenvalue weighted by atomic mass is 9.85. The topological polar surface area (TPSA) is 83.8 Å². The predicted molar refractivity (Wildman–Crippen MR) is 162 cm³/mol. The maximum absolute atomic E-state index is 12.1. The Bertz CT molecular complexity index is 1890. The fourth-order valence-corrected chi connectivity index (χ4v) is 5.39. The zero-order valence-electron chi connectivity index (χ0n) is 23.4. The van der Waals surface area contributed by atoms with Crippen molar-refractivity contribution in [2.24, 2.45) is 0 Å². The Hall–Kier alpha value is -4.71. The highest BCUT2D eigenvalue weighted by Gasteiger charge is 2.24. The smallest absolute Gasteiger partial charge is 0.354 e. The summed E-state index contributed by atoms with van der Waals surface area (Å²) in [5, 5.41) is 11.0. The van der Waals surface area contributed by atoms with Crippen LogP contribution in [-0.2, 0) is 5.41 Å². The van der Waals surface area contributed by atoms with Crippen molar-refractivity contribution in [2.75, 3.05) is 0 Å². The molecule has 6 heteroatoms. The predicted octanol–water partition coefficient (Wildman–Crippen LogP) is 8.49. The summed E-state index contributed by atoms with van der Waals surface area (Å²) in [6.07, 6.45) is 1.97. The molecule has 40 heavy (non-hydrogen) atoms. The lowest BCUT2D eigenvalue weighted by Gasteiger charge is -2.21. The molecule has 0 aliphatic carbocycles. The summed E-state index contributed by atoms with van der Waals surface area (Å²) in [4.78, 5) is 25.4. The van der Waals surface area contributed by atoms with Crippen molar-refractivity contribution < 1.29 is 9.90 Å². The highest BCUT2D eigenvalue weighted by molar-refractivity contribution is 5.99. The van der Waals surface area contributed by atoms with Crippen LogP contribution in [0.1, 0.15) is 56.7 Å². The number of aromatic carboxylic acids is 1. The van der Waals surface area contributed by atoms with Crippen LogP contribution in [0.15, 0.2) is 85.1 Å². The molecular weight excluding hydrogens is 496 g/mol. The second-order valence-corrected chi connectivity index (χ2v) is 11.6. The summed E-state index contributed by atoms with van der Waals surface area (Å²) in [7, 11) is 0. The van der Waals surface area contributed by atoms with E-state index in [1.54, 1.807) is 6.07 Å². The number of imidazole rings is 1. The van der Waals surface area contributed by atoms with Crippen molar-refractivity contribution in [3.8, 4) is 33.8 Å². The monoisotopic (exact) mass is 528 g/mol. The Balaban J connectivity index is 1.64. The zero-order valence-corrected chi connectivity index (χ0v) is 23.4. The number of pyridine rings is 1. The number of hydrogen-bond acceptors (Lipinski definition) is 3. The standard InChI is InChI=1S/C34H32N4O2/c1-20(2)38-29-13-9-12-25(27-17-23(18-28(36-27)33(39)40)21-10-7-6-8-11-21)31(29)37-32(38)26-19-24(34(3,4)5)16-22-14-15-35-30(22)26/h6-20,35H,1-5H3,(H,39,40). The van der Waals surface area contributed by atoms with Gasteiger partial charge in [0.25, 0.3) is 0 Å². The number of nitrogens with one attached hydrogen (secondary N) is 1. The van der Waals surface area contributed by atoms with E-state index in [0.717, 1.165) is 50.0 Å². The molecule has 6 aromatic rings. The number of hydrogen-bond donors (Lipinski definition) is 2. The number of aromatic amines is 1. The molecule has 6 nitrogen and oxygen atoms in total. The number of para-hydroxylation sites is 1. The van der Waals surface area contributed by atoms with Gasteiger partial charge in [0, 0.05) is 28.8 Å². The third kappa shape index (κ3) is 4.35. The van der Waals surface area contributed by atoms with Gasteiger partial charge in [-0.1, -0.05) is 63.2 Å². The van der Waals surface area contributed by atoms with E-state index in [1.807, 2.05) is 54.7 Å². The molecule has 3 aromatic carbocycles. The molecule has 0 aliphatic heterocycles. The third-order valence-electron chi connectivity index (χ3n) is 7.43. The summed E-state index contributed by atoms with van der Waals surface area (Å²) in [6, 6.07) is 26.1. The van der Waals surface area contributed by atoms with Crippen LogP contribution in [0.3, 0.4) is 0 Å². The summed E-state index contributed by atoms with van der Waals surface area (Å²) in [5.74, 6) is -0.193. The van der Waals surface area contributed by atoms with Crippen LogP contribution >= 0.6 is 0 Å². The third-order valence-corrected chi connectivity index (χ3v) is 7.43. The average molecular weight is 529 g/mol. The molecule has 0 amide bonds. The van der Waals surface area contributed by atoms with Crippen molar-refractivity contribution in [1.82, 2.24) is 19.5 Å². The first-order valence-electron chi connectivity index (χ1n) is 13.6. The van der Waals surface area contributed by atoms with E-state index in [4.69, 9.17) is 4.98 Å². The molecule has 0 radical (unpaired) electrons. The van der Waals surface area contributed by atoms with Crippen molar-refractivity contribution in [2.45, 2.75) is 46.1 Å². The highest BCUT2D eigenvalue weighted by Crippen LogP contribution is 2.39. The number of aromatic nitrogens is 4. The molecular formula is C34H32N4O2. The average Bonchev–Trinajstić information content (AvgIpc) is 3.57. The van der Waals surface area contributed by atoms with Gasteiger partial charge in [0.2, 0.25) is 0 Å². The van der Waals surface area contributed by atoms with Gasteiger partial charge in [0.15, 0.2) is 0 Å². The van der Waals surface area contributed by atoms with Crippen molar-refractivity contribution in [3.63, 3.8) is 0 Å². The molecule has 0 atom stereocenters. The van der Waals surface area contributed by atoms with Crippen LogP contribution < -0.4 is 0 Å². The van der Waals surface area contributed by atoms with Gasteiger partial charge in [-0.2, -0.15) is 0 Å². The number of benzene rings is 3. The van der Waals surface area contributed by atoms with Crippen molar-refractivity contribution in [1.29, 1.82) is 0 Å². The van der Waals surface area contributed by atoms with Gasteiger partial charge in [-0.3, -0.25) is 0 Å². The molecule has 0 bridgehead atoms. The molecule has 6 rings (SSSR count). The zero-order chi connectivity index (χ0) is 28.2. The van der Waals surface area contributed by atoms with E-state index in [0.29, 0.717) is 5.69 Å². The number of carboxylic acids is 1. The maximum atomic E-state index is 12.1. The molecule has 3 heterocycles. The molecule has 3 aromatic heterocycles. The normalized spacial score (nSPS) is 12.1. The summed E-state index contributed by atoms with van der Waals surface area (Å²) < 4.78 is 2.26. The fourth-order valence-electron chi connectivity index (χ4n) is 5.39. The lowest BCUT2D eigenvalue weighted by molar-refractivity contribution is 0.0690. The van der Waals surface area contributed by atoms with Crippen LogP contribution in [0.25, 0.3) is 55.7 Å². The minimum absolute atomic E-state index is 0.00263. The largest absolute Gasteiger partial charge is 0.477 e. The van der Waals surface area contributed by atoms with Crippen LogP contribution in [0.4, 0.5) is 0 Å². The quantitative estimate of drug-likeness (QED) is 0.235. The van der Waals surface area contributed by atoms with Gasteiger partial charge in [-0.05, 0) is 72.4 Å². The molecule has 0 aliphatic rings. The van der Waals surface area contributed by atoms with Crippen molar-refractivity contribution >= 4 is 27.9 Å². The SMILES string of the molecule is CC(C)n1c(-c2cc(C(C)(C)C)cc3cc[nH]c23)nc2c(-c3cc(-c4ccccc4)cc(C(=O)O)n3)cccc21. The Morgan fingerprint density at radius 3 is 2.35 bits per heavy atom. The first-order valence-corrected chi connectivity index (χ1v) is 13.6. The lowest BCUT2D eigenvalue weighted by Crippen LogP contribution is -2.11. The van der Waals surface area contributed by atoms with Gasteiger partial charge in [-0.15, -0.1) is 0 Å². The number of H-pyrrole nitrogens is 1. The van der Waals surface area contributed by atoms with Crippen molar-refractivity contribution in [3.05, 3.63) is 96.3 Å². The Morgan fingerprint density at radius 2 is 1.65 bits per heavy atom. The first kappa shape index (κ1) is 25.6. The molecule has 0 saturated heterocycles. The molecule has 200 valence electrons.